The standard InChI is InChI=1S/C7H7N3S/c8-11-7-2-1-6-3-9-5-10(6)4-7/h1-5H,8H2. The van der Waals surface area contributed by atoms with Crippen LogP contribution in [0, 0.1) is 0 Å². The summed E-state index contributed by atoms with van der Waals surface area (Å²) in [5.41, 5.74) is 1.09. The van der Waals surface area contributed by atoms with Crippen molar-refractivity contribution in [2.45, 2.75) is 4.90 Å². The van der Waals surface area contributed by atoms with Gasteiger partial charge in [-0.2, -0.15) is 0 Å². The van der Waals surface area contributed by atoms with E-state index in [-0.39, 0.29) is 0 Å². The molecule has 4 heteroatoms. The van der Waals surface area contributed by atoms with Crippen LogP contribution in [0.1, 0.15) is 0 Å². The Labute approximate surface area is 68.4 Å². The van der Waals surface area contributed by atoms with E-state index in [4.69, 9.17) is 5.14 Å². The minimum absolute atomic E-state index is 1.04. The lowest BCUT2D eigenvalue weighted by Crippen LogP contribution is -1.84. The molecule has 2 aromatic heterocycles. The molecule has 2 aromatic rings. The second kappa shape index (κ2) is 2.56. The van der Waals surface area contributed by atoms with Crippen molar-refractivity contribution in [2.24, 2.45) is 5.14 Å². The summed E-state index contributed by atoms with van der Waals surface area (Å²) in [7, 11) is 0. The monoisotopic (exact) mass is 165 g/mol. The van der Waals surface area contributed by atoms with Crippen LogP contribution in [0.5, 0.6) is 0 Å². The van der Waals surface area contributed by atoms with Gasteiger partial charge < -0.3 is 4.40 Å². The maximum Gasteiger partial charge on any atom is 0.0992 e. The molecule has 0 aromatic carbocycles. The van der Waals surface area contributed by atoms with Crippen molar-refractivity contribution in [3.63, 3.8) is 0 Å². The first kappa shape index (κ1) is 6.69. The number of fused-ring (bicyclic) bond motifs is 1. The van der Waals surface area contributed by atoms with Gasteiger partial charge in [-0.3, -0.25) is 5.14 Å². The average Bonchev–Trinajstić information content (AvgIpc) is 2.50. The summed E-state index contributed by atoms with van der Waals surface area (Å²) in [6.45, 7) is 0. The minimum atomic E-state index is 1.04. The Kier molecular flexibility index (Phi) is 1.56. The Bertz CT molecular complexity index is 368. The minimum Gasteiger partial charge on any atom is -0.305 e. The zero-order chi connectivity index (χ0) is 7.68. The second-order valence-corrected chi connectivity index (χ2v) is 2.92. The number of nitrogens with zero attached hydrogens (tertiary/aromatic N) is 2. The summed E-state index contributed by atoms with van der Waals surface area (Å²) in [4.78, 5) is 5.03. The first-order valence-electron chi connectivity index (χ1n) is 3.18. The molecule has 3 nitrogen and oxygen atoms in total. The van der Waals surface area contributed by atoms with Crippen molar-refractivity contribution in [2.75, 3.05) is 0 Å². The molecule has 11 heavy (non-hydrogen) atoms. The smallest absolute Gasteiger partial charge is 0.0992 e. The Morgan fingerprint density at radius 2 is 2.36 bits per heavy atom. The molecule has 56 valence electrons. The lowest BCUT2D eigenvalue weighted by molar-refractivity contribution is 1.11. The van der Waals surface area contributed by atoms with Crippen LogP contribution in [-0.2, 0) is 0 Å². The SMILES string of the molecule is NSc1ccc2cncn2c1. The number of hydrogen-bond donors (Lipinski definition) is 1. The summed E-state index contributed by atoms with van der Waals surface area (Å²) in [5, 5.41) is 5.39. The first-order valence-corrected chi connectivity index (χ1v) is 4.06. The van der Waals surface area contributed by atoms with Crippen molar-refractivity contribution in [1.82, 2.24) is 9.38 Å². The van der Waals surface area contributed by atoms with E-state index in [1.165, 1.54) is 11.9 Å². The molecule has 0 aliphatic rings. The highest BCUT2D eigenvalue weighted by Crippen LogP contribution is 2.12. The van der Waals surface area contributed by atoms with Gasteiger partial charge >= 0.3 is 0 Å². The lowest BCUT2D eigenvalue weighted by Gasteiger charge is -1.96. The molecule has 0 saturated carbocycles. The third-order valence-electron chi connectivity index (χ3n) is 1.52. The van der Waals surface area contributed by atoms with Crippen LogP contribution in [-0.4, -0.2) is 9.38 Å². The van der Waals surface area contributed by atoms with Crippen LogP contribution in [0.25, 0.3) is 5.52 Å². The average molecular weight is 165 g/mol. The van der Waals surface area contributed by atoms with E-state index in [9.17, 15) is 0 Å². The van der Waals surface area contributed by atoms with Gasteiger partial charge in [-0.25, -0.2) is 4.98 Å². The fourth-order valence-corrected chi connectivity index (χ4v) is 1.29. The Hall–Kier alpha value is -1.00. The summed E-state index contributed by atoms with van der Waals surface area (Å²) < 4.78 is 1.94. The molecule has 0 bridgehead atoms. The van der Waals surface area contributed by atoms with Gasteiger partial charge in [-0.15, -0.1) is 0 Å². The number of pyridine rings is 1. The van der Waals surface area contributed by atoms with Crippen LogP contribution in [0.2, 0.25) is 0 Å². The molecular formula is C7H7N3S. The summed E-state index contributed by atoms with van der Waals surface area (Å²) in [5.74, 6) is 0. The maximum absolute atomic E-state index is 5.39. The summed E-state index contributed by atoms with van der Waals surface area (Å²) in [6.07, 6.45) is 5.52. The number of rotatable bonds is 1. The van der Waals surface area contributed by atoms with E-state index in [0.29, 0.717) is 0 Å². The van der Waals surface area contributed by atoms with Gasteiger partial charge in [0.05, 0.1) is 18.0 Å². The zero-order valence-corrected chi connectivity index (χ0v) is 6.58. The molecule has 0 atom stereocenters. The highest BCUT2D eigenvalue weighted by atomic mass is 32.2. The highest BCUT2D eigenvalue weighted by molar-refractivity contribution is 7.97. The zero-order valence-electron chi connectivity index (χ0n) is 5.77. The third kappa shape index (κ3) is 1.10. The molecule has 0 aliphatic carbocycles. The van der Waals surface area contributed by atoms with Crippen LogP contribution < -0.4 is 5.14 Å². The number of imidazole rings is 1. The molecule has 0 spiro atoms. The van der Waals surface area contributed by atoms with Gasteiger partial charge in [-0.05, 0) is 24.1 Å². The molecule has 0 radical (unpaired) electrons. The predicted octanol–water partition coefficient (Wildman–Crippen LogP) is 1.30. The Morgan fingerprint density at radius 3 is 3.18 bits per heavy atom. The van der Waals surface area contributed by atoms with E-state index in [2.05, 4.69) is 4.98 Å². The molecule has 2 heterocycles. The fourth-order valence-electron chi connectivity index (χ4n) is 0.969. The second-order valence-electron chi connectivity index (χ2n) is 2.21. The lowest BCUT2D eigenvalue weighted by atomic mass is 10.4. The van der Waals surface area contributed by atoms with Crippen molar-refractivity contribution in [1.29, 1.82) is 0 Å². The van der Waals surface area contributed by atoms with Crippen molar-refractivity contribution < 1.29 is 0 Å². The van der Waals surface area contributed by atoms with Crippen LogP contribution in [0.4, 0.5) is 0 Å². The van der Waals surface area contributed by atoms with Gasteiger partial charge in [0.15, 0.2) is 0 Å². The van der Waals surface area contributed by atoms with Crippen molar-refractivity contribution in [3.05, 3.63) is 30.9 Å². The van der Waals surface area contributed by atoms with Crippen LogP contribution in [0.15, 0.2) is 35.7 Å². The quantitative estimate of drug-likeness (QED) is 0.648. The van der Waals surface area contributed by atoms with Gasteiger partial charge in [0, 0.05) is 11.1 Å². The normalized spacial score (nSPS) is 10.6. The van der Waals surface area contributed by atoms with E-state index < -0.39 is 0 Å². The number of hydrogen-bond acceptors (Lipinski definition) is 3. The number of nitrogens with two attached hydrogens (primary N) is 1. The van der Waals surface area contributed by atoms with Gasteiger partial charge in [-0.1, -0.05) is 0 Å². The summed E-state index contributed by atoms with van der Waals surface area (Å²) >= 11 is 1.24. The fraction of sp³-hybridized carbons (Fsp3) is 0. The van der Waals surface area contributed by atoms with Crippen LogP contribution in [0.3, 0.4) is 0 Å². The molecule has 0 fully saturated rings. The molecule has 0 amide bonds. The number of aromatic nitrogens is 2. The highest BCUT2D eigenvalue weighted by Gasteiger charge is 1.93. The van der Waals surface area contributed by atoms with Gasteiger partial charge in [0.1, 0.15) is 0 Å². The van der Waals surface area contributed by atoms with Crippen molar-refractivity contribution in [3.8, 4) is 0 Å². The predicted molar refractivity (Wildman–Crippen MR) is 45.2 cm³/mol. The molecule has 0 saturated heterocycles. The van der Waals surface area contributed by atoms with Crippen molar-refractivity contribution >= 4 is 17.5 Å². The van der Waals surface area contributed by atoms with Crippen LogP contribution >= 0.6 is 11.9 Å². The third-order valence-corrected chi connectivity index (χ3v) is 2.03. The van der Waals surface area contributed by atoms with E-state index >= 15 is 0 Å². The van der Waals surface area contributed by atoms with E-state index in [0.717, 1.165) is 10.4 Å². The van der Waals surface area contributed by atoms with Gasteiger partial charge in [0.25, 0.3) is 0 Å². The molecule has 0 aliphatic heterocycles. The van der Waals surface area contributed by atoms with Gasteiger partial charge in [0.2, 0.25) is 0 Å². The first-order chi connectivity index (χ1) is 5.40. The maximum atomic E-state index is 5.39. The van der Waals surface area contributed by atoms with E-state index in [1.54, 1.807) is 6.33 Å². The summed E-state index contributed by atoms with van der Waals surface area (Å²) in [6, 6.07) is 3.96. The molecule has 2 N–H and O–H groups in total. The Morgan fingerprint density at radius 1 is 1.45 bits per heavy atom. The molecule has 2 rings (SSSR count). The largest absolute Gasteiger partial charge is 0.305 e. The Balaban J connectivity index is 2.67. The molecule has 0 unspecified atom stereocenters. The van der Waals surface area contributed by atoms with E-state index in [1.807, 2.05) is 28.9 Å². The topological polar surface area (TPSA) is 43.3 Å². The molecular weight excluding hydrogens is 158 g/mol.